The molecule has 0 saturated carbocycles. The van der Waals surface area contributed by atoms with Crippen LogP contribution in [0.4, 0.5) is 13.2 Å². The fraction of sp³-hybridized carbons (Fsp3) is 0.250. The van der Waals surface area contributed by atoms with Gasteiger partial charge in [0.25, 0.3) is 0 Å². The molecule has 1 N–H and O–H groups in total. The van der Waals surface area contributed by atoms with Crippen LogP contribution >= 0.6 is 0 Å². The second-order valence-corrected chi connectivity index (χ2v) is 4.72. The largest absolute Gasteiger partial charge is 0.496 e. The van der Waals surface area contributed by atoms with Crippen LogP contribution in [0, 0.1) is 24.4 Å². The molecule has 112 valence electrons. The van der Waals surface area contributed by atoms with Crippen LogP contribution in [0.5, 0.6) is 5.75 Å². The van der Waals surface area contributed by atoms with Crippen molar-refractivity contribution in [3.8, 4) is 5.75 Å². The van der Waals surface area contributed by atoms with Crippen molar-refractivity contribution in [1.29, 1.82) is 0 Å². The van der Waals surface area contributed by atoms with Crippen molar-refractivity contribution in [2.75, 3.05) is 14.2 Å². The summed E-state index contributed by atoms with van der Waals surface area (Å²) in [5, 5.41) is 2.92. The first-order valence-electron chi connectivity index (χ1n) is 6.44. The van der Waals surface area contributed by atoms with E-state index in [1.807, 2.05) is 13.0 Å². The van der Waals surface area contributed by atoms with Gasteiger partial charge >= 0.3 is 0 Å². The Morgan fingerprint density at radius 3 is 2.33 bits per heavy atom. The Labute approximate surface area is 121 Å². The van der Waals surface area contributed by atoms with E-state index >= 15 is 0 Å². The summed E-state index contributed by atoms with van der Waals surface area (Å²) < 4.78 is 45.6. The number of nitrogens with one attached hydrogen (secondary N) is 1. The van der Waals surface area contributed by atoms with Crippen LogP contribution in [0.15, 0.2) is 30.3 Å². The first kappa shape index (κ1) is 15.4. The smallest absolute Gasteiger partial charge is 0.194 e. The second-order valence-electron chi connectivity index (χ2n) is 4.72. The van der Waals surface area contributed by atoms with Crippen molar-refractivity contribution in [2.24, 2.45) is 0 Å². The minimum absolute atomic E-state index is 0.0565. The van der Waals surface area contributed by atoms with Gasteiger partial charge in [-0.25, -0.2) is 13.2 Å². The lowest BCUT2D eigenvalue weighted by Gasteiger charge is -2.19. The van der Waals surface area contributed by atoms with Crippen molar-refractivity contribution < 1.29 is 17.9 Å². The van der Waals surface area contributed by atoms with Gasteiger partial charge in [-0.05, 0) is 37.2 Å². The van der Waals surface area contributed by atoms with Gasteiger partial charge in [0, 0.05) is 5.56 Å². The molecule has 1 atom stereocenters. The van der Waals surface area contributed by atoms with E-state index in [1.54, 1.807) is 26.3 Å². The van der Waals surface area contributed by atoms with Gasteiger partial charge in [0.1, 0.15) is 5.75 Å². The molecule has 0 saturated heterocycles. The minimum Gasteiger partial charge on any atom is -0.496 e. The highest BCUT2D eigenvalue weighted by molar-refractivity contribution is 5.41. The lowest BCUT2D eigenvalue weighted by Crippen LogP contribution is -2.20. The predicted molar refractivity (Wildman–Crippen MR) is 74.9 cm³/mol. The SMILES string of the molecule is CNC(c1ccc(OC)c(C)c1)c1ccc(F)c(F)c1F. The molecule has 2 aromatic carbocycles. The third kappa shape index (κ3) is 2.88. The zero-order chi connectivity index (χ0) is 15.6. The zero-order valence-electron chi connectivity index (χ0n) is 12.0. The first-order valence-corrected chi connectivity index (χ1v) is 6.44. The number of methoxy groups -OCH3 is 1. The molecule has 0 amide bonds. The van der Waals surface area contributed by atoms with Gasteiger partial charge in [-0.15, -0.1) is 0 Å². The normalized spacial score (nSPS) is 12.3. The van der Waals surface area contributed by atoms with E-state index in [0.717, 1.165) is 17.2 Å². The number of aryl methyl sites for hydroxylation is 1. The van der Waals surface area contributed by atoms with Gasteiger partial charge in [0.2, 0.25) is 0 Å². The summed E-state index contributed by atoms with van der Waals surface area (Å²) in [4.78, 5) is 0. The summed E-state index contributed by atoms with van der Waals surface area (Å²) in [5.74, 6) is -3.13. The summed E-state index contributed by atoms with van der Waals surface area (Å²) in [6.45, 7) is 1.86. The topological polar surface area (TPSA) is 21.3 Å². The second kappa shape index (κ2) is 6.18. The lowest BCUT2D eigenvalue weighted by molar-refractivity contribution is 0.411. The number of benzene rings is 2. The molecule has 0 aliphatic rings. The molecule has 0 aromatic heterocycles. The zero-order valence-corrected chi connectivity index (χ0v) is 12.0. The van der Waals surface area contributed by atoms with Crippen LogP contribution in [0.25, 0.3) is 0 Å². The molecule has 0 heterocycles. The average molecular weight is 295 g/mol. The quantitative estimate of drug-likeness (QED) is 0.868. The van der Waals surface area contributed by atoms with Gasteiger partial charge < -0.3 is 10.1 Å². The maximum atomic E-state index is 14.0. The van der Waals surface area contributed by atoms with Gasteiger partial charge in [-0.1, -0.05) is 18.2 Å². The van der Waals surface area contributed by atoms with E-state index in [1.165, 1.54) is 6.07 Å². The summed E-state index contributed by atoms with van der Waals surface area (Å²) in [6, 6.07) is 6.93. The summed E-state index contributed by atoms with van der Waals surface area (Å²) in [7, 11) is 3.19. The molecule has 5 heteroatoms. The van der Waals surface area contributed by atoms with Crippen LogP contribution in [0.2, 0.25) is 0 Å². The van der Waals surface area contributed by atoms with Crippen LogP contribution < -0.4 is 10.1 Å². The molecule has 0 aliphatic carbocycles. The van der Waals surface area contributed by atoms with E-state index in [0.29, 0.717) is 5.75 Å². The molecule has 21 heavy (non-hydrogen) atoms. The fourth-order valence-electron chi connectivity index (χ4n) is 2.35. The molecule has 2 nitrogen and oxygen atoms in total. The van der Waals surface area contributed by atoms with Crippen molar-refractivity contribution in [1.82, 2.24) is 5.32 Å². The maximum Gasteiger partial charge on any atom is 0.194 e. The Kier molecular flexibility index (Phi) is 4.53. The molecular weight excluding hydrogens is 279 g/mol. The molecule has 0 spiro atoms. The van der Waals surface area contributed by atoms with Gasteiger partial charge in [0.15, 0.2) is 17.5 Å². The molecule has 2 rings (SSSR count). The predicted octanol–water partition coefficient (Wildman–Crippen LogP) is 3.73. The average Bonchev–Trinajstić information content (AvgIpc) is 2.48. The molecule has 0 aliphatic heterocycles. The van der Waals surface area contributed by atoms with E-state index in [4.69, 9.17) is 4.74 Å². The van der Waals surface area contributed by atoms with Gasteiger partial charge in [0.05, 0.1) is 13.2 Å². The van der Waals surface area contributed by atoms with Crippen LogP contribution in [0.1, 0.15) is 22.7 Å². The van der Waals surface area contributed by atoms with Crippen molar-refractivity contribution in [3.05, 3.63) is 64.5 Å². The minimum atomic E-state index is -1.46. The summed E-state index contributed by atoms with van der Waals surface area (Å²) in [6.07, 6.45) is 0. The monoisotopic (exact) mass is 295 g/mol. The molecule has 0 fully saturated rings. The highest BCUT2D eigenvalue weighted by Crippen LogP contribution is 2.29. The standard InChI is InChI=1S/C16H16F3NO/c1-9-8-10(4-7-13(9)21-3)16(20-2)11-5-6-12(17)15(19)14(11)18/h4-8,16,20H,1-3H3. The van der Waals surface area contributed by atoms with E-state index in [-0.39, 0.29) is 5.56 Å². The third-order valence-corrected chi connectivity index (χ3v) is 3.42. The summed E-state index contributed by atoms with van der Waals surface area (Å²) >= 11 is 0. The van der Waals surface area contributed by atoms with Gasteiger partial charge in [-0.2, -0.15) is 0 Å². The van der Waals surface area contributed by atoms with E-state index < -0.39 is 23.5 Å². The van der Waals surface area contributed by atoms with Crippen LogP contribution in [0.3, 0.4) is 0 Å². The van der Waals surface area contributed by atoms with Crippen molar-refractivity contribution in [2.45, 2.75) is 13.0 Å². The van der Waals surface area contributed by atoms with E-state index in [2.05, 4.69) is 5.32 Å². The number of hydrogen-bond donors (Lipinski definition) is 1. The Morgan fingerprint density at radius 2 is 1.76 bits per heavy atom. The molecular formula is C16H16F3NO. The Morgan fingerprint density at radius 1 is 1.05 bits per heavy atom. The Bertz CT molecular complexity index is 658. The highest BCUT2D eigenvalue weighted by atomic mass is 19.2. The fourth-order valence-corrected chi connectivity index (χ4v) is 2.35. The third-order valence-electron chi connectivity index (χ3n) is 3.42. The number of halogens is 3. The van der Waals surface area contributed by atoms with Crippen molar-refractivity contribution in [3.63, 3.8) is 0 Å². The number of hydrogen-bond acceptors (Lipinski definition) is 2. The molecule has 0 radical (unpaired) electrons. The molecule has 1 unspecified atom stereocenters. The molecule has 2 aromatic rings. The number of rotatable bonds is 4. The summed E-state index contributed by atoms with van der Waals surface area (Å²) in [5.41, 5.74) is 1.67. The maximum absolute atomic E-state index is 14.0. The number of ether oxygens (including phenoxy) is 1. The Balaban J connectivity index is 2.50. The van der Waals surface area contributed by atoms with Crippen LogP contribution in [-0.2, 0) is 0 Å². The first-order chi connectivity index (χ1) is 9.99. The van der Waals surface area contributed by atoms with Crippen molar-refractivity contribution >= 4 is 0 Å². The van der Waals surface area contributed by atoms with E-state index in [9.17, 15) is 13.2 Å². The highest BCUT2D eigenvalue weighted by Gasteiger charge is 2.21. The lowest BCUT2D eigenvalue weighted by atomic mass is 9.96. The molecule has 0 bridgehead atoms. The van der Waals surface area contributed by atoms with Gasteiger partial charge in [-0.3, -0.25) is 0 Å². The Hall–Kier alpha value is -2.01. The van der Waals surface area contributed by atoms with Crippen LogP contribution in [-0.4, -0.2) is 14.2 Å².